The summed E-state index contributed by atoms with van der Waals surface area (Å²) in [6.07, 6.45) is 2.06. The van der Waals surface area contributed by atoms with E-state index in [-0.39, 0.29) is 0 Å². The first-order valence-corrected chi connectivity index (χ1v) is 7.60. The van der Waals surface area contributed by atoms with Gasteiger partial charge in [-0.3, -0.25) is 0 Å². The van der Waals surface area contributed by atoms with Gasteiger partial charge < -0.3 is 10.6 Å². The number of benzene rings is 2. The third-order valence-electron chi connectivity index (χ3n) is 2.72. The van der Waals surface area contributed by atoms with Crippen molar-refractivity contribution in [2.24, 2.45) is 0 Å². The van der Waals surface area contributed by atoms with E-state index in [1.54, 1.807) is 11.8 Å². The first-order valence-electron chi connectivity index (χ1n) is 5.97. The molecule has 0 aliphatic carbocycles. The summed E-state index contributed by atoms with van der Waals surface area (Å²) in [6, 6.07) is 16.3. The summed E-state index contributed by atoms with van der Waals surface area (Å²) in [4.78, 5) is 1.21. The number of thiocarbonyl (C=S) groups is 1. The molecule has 0 fully saturated rings. The third kappa shape index (κ3) is 3.98. The van der Waals surface area contributed by atoms with Gasteiger partial charge in [0.2, 0.25) is 0 Å². The number of anilines is 2. The van der Waals surface area contributed by atoms with Crippen molar-refractivity contribution >= 4 is 40.5 Å². The minimum absolute atomic E-state index is 0.604. The highest BCUT2D eigenvalue weighted by molar-refractivity contribution is 7.98. The summed E-state index contributed by atoms with van der Waals surface area (Å²) >= 11 is 7.04. The highest BCUT2D eigenvalue weighted by Gasteiger charge is 2.01. The number of hydrogen-bond acceptors (Lipinski definition) is 2. The van der Waals surface area contributed by atoms with Gasteiger partial charge in [0.25, 0.3) is 0 Å². The lowest BCUT2D eigenvalue weighted by molar-refractivity contribution is 1.44. The third-order valence-corrected chi connectivity index (χ3v) is 3.65. The van der Waals surface area contributed by atoms with Crippen molar-refractivity contribution in [3.05, 3.63) is 54.1 Å². The monoisotopic (exact) mass is 288 g/mol. The minimum Gasteiger partial charge on any atom is -0.332 e. The van der Waals surface area contributed by atoms with Crippen LogP contribution in [0.5, 0.6) is 0 Å². The Bertz CT molecular complexity index is 582. The summed E-state index contributed by atoms with van der Waals surface area (Å²) in [5.41, 5.74) is 3.20. The van der Waals surface area contributed by atoms with Crippen molar-refractivity contribution in [2.45, 2.75) is 11.8 Å². The van der Waals surface area contributed by atoms with Crippen molar-refractivity contribution in [3.8, 4) is 0 Å². The Morgan fingerprint density at radius 2 is 1.84 bits per heavy atom. The average Bonchev–Trinajstić information content (AvgIpc) is 2.41. The molecule has 2 nitrogen and oxygen atoms in total. The lowest BCUT2D eigenvalue weighted by atomic mass is 10.2. The number of thioether (sulfide) groups is 1. The van der Waals surface area contributed by atoms with Gasteiger partial charge in [-0.15, -0.1) is 11.8 Å². The van der Waals surface area contributed by atoms with Crippen LogP contribution in [0, 0.1) is 6.92 Å². The molecule has 0 saturated carbocycles. The van der Waals surface area contributed by atoms with Crippen molar-refractivity contribution in [3.63, 3.8) is 0 Å². The van der Waals surface area contributed by atoms with Crippen LogP contribution in [0.3, 0.4) is 0 Å². The molecule has 0 atom stereocenters. The fraction of sp³-hybridized carbons (Fsp3) is 0.133. The molecule has 98 valence electrons. The van der Waals surface area contributed by atoms with Crippen LogP contribution in [0.1, 0.15) is 5.56 Å². The second-order valence-corrected chi connectivity index (χ2v) is 5.41. The van der Waals surface area contributed by atoms with E-state index < -0.39 is 0 Å². The highest BCUT2D eigenvalue weighted by atomic mass is 32.2. The van der Waals surface area contributed by atoms with Crippen molar-refractivity contribution < 1.29 is 0 Å². The molecule has 2 rings (SSSR count). The Labute approximate surface area is 123 Å². The maximum Gasteiger partial charge on any atom is 0.175 e. The zero-order valence-corrected chi connectivity index (χ0v) is 12.6. The van der Waals surface area contributed by atoms with Gasteiger partial charge in [0.05, 0.1) is 0 Å². The topological polar surface area (TPSA) is 24.1 Å². The summed E-state index contributed by atoms with van der Waals surface area (Å²) in [5.74, 6) is 0. The zero-order valence-electron chi connectivity index (χ0n) is 10.9. The maximum absolute atomic E-state index is 5.33. The molecule has 0 unspecified atom stereocenters. The van der Waals surface area contributed by atoms with E-state index in [2.05, 4.69) is 42.0 Å². The van der Waals surface area contributed by atoms with Gasteiger partial charge in [0.15, 0.2) is 5.11 Å². The predicted octanol–water partition coefficient (Wildman–Crippen LogP) is 4.53. The Morgan fingerprint density at radius 3 is 2.58 bits per heavy atom. The number of aryl methyl sites for hydroxylation is 1. The maximum atomic E-state index is 5.33. The van der Waals surface area contributed by atoms with E-state index in [0.717, 1.165) is 11.4 Å². The largest absolute Gasteiger partial charge is 0.332 e. The summed E-state index contributed by atoms with van der Waals surface area (Å²) in [6.45, 7) is 2.05. The molecule has 2 aromatic carbocycles. The number of para-hydroxylation sites is 1. The van der Waals surface area contributed by atoms with E-state index in [9.17, 15) is 0 Å². The summed E-state index contributed by atoms with van der Waals surface area (Å²) in [5, 5.41) is 7.01. The molecule has 0 radical (unpaired) electrons. The van der Waals surface area contributed by atoms with Crippen molar-refractivity contribution in [2.75, 3.05) is 16.9 Å². The van der Waals surface area contributed by atoms with Gasteiger partial charge in [-0.1, -0.05) is 24.3 Å². The van der Waals surface area contributed by atoms with Crippen LogP contribution in [0.4, 0.5) is 11.4 Å². The van der Waals surface area contributed by atoms with E-state index in [4.69, 9.17) is 12.2 Å². The lowest BCUT2D eigenvalue weighted by Gasteiger charge is -2.12. The average molecular weight is 288 g/mol. The minimum atomic E-state index is 0.604. The molecule has 0 aliphatic heterocycles. The van der Waals surface area contributed by atoms with Crippen LogP contribution < -0.4 is 10.6 Å². The molecule has 0 aliphatic rings. The highest BCUT2D eigenvalue weighted by Crippen LogP contribution is 2.19. The van der Waals surface area contributed by atoms with Gasteiger partial charge in [-0.05, 0) is 55.2 Å². The van der Waals surface area contributed by atoms with Crippen LogP contribution in [-0.2, 0) is 0 Å². The molecule has 4 heteroatoms. The normalized spacial score (nSPS) is 10.0. The van der Waals surface area contributed by atoms with Gasteiger partial charge in [-0.25, -0.2) is 0 Å². The van der Waals surface area contributed by atoms with Gasteiger partial charge in [0.1, 0.15) is 0 Å². The fourth-order valence-corrected chi connectivity index (χ4v) is 2.39. The molecule has 0 amide bonds. The smallest absolute Gasteiger partial charge is 0.175 e. The van der Waals surface area contributed by atoms with E-state index in [1.807, 2.05) is 30.3 Å². The Kier molecular flexibility index (Phi) is 4.82. The molecule has 0 heterocycles. The molecule has 0 saturated heterocycles. The van der Waals surface area contributed by atoms with E-state index in [0.29, 0.717) is 5.11 Å². The SMILES string of the molecule is CSc1cccc(NC(=S)Nc2ccccc2C)c1. The van der Waals surface area contributed by atoms with Crippen LogP contribution in [0.15, 0.2) is 53.4 Å². The summed E-state index contributed by atoms with van der Waals surface area (Å²) in [7, 11) is 0. The van der Waals surface area contributed by atoms with Crippen LogP contribution in [0.25, 0.3) is 0 Å². The van der Waals surface area contributed by atoms with Gasteiger partial charge in [0, 0.05) is 16.3 Å². The zero-order chi connectivity index (χ0) is 13.7. The van der Waals surface area contributed by atoms with Crippen molar-refractivity contribution in [1.82, 2.24) is 0 Å². The van der Waals surface area contributed by atoms with Crippen LogP contribution in [-0.4, -0.2) is 11.4 Å². The first-order chi connectivity index (χ1) is 9.19. The number of nitrogens with one attached hydrogen (secondary N) is 2. The van der Waals surface area contributed by atoms with E-state index >= 15 is 0 Å². The number of rotatable bonds is 3. The molecule has 2 aromatic rings. The standard InChI is InChI=1S/C15H16N2S2/c1-11-6-3-4-9-14(11)17-15(18)16-12-7-5-8-13(10-12)19-2/h3-10H,1-2H3,(H2,16,17,18). The molecular weight excluding hydrogens is 272 g/mol. The van der Waals surface area contributed by atoms with Gasteiger partial charge >= 0.3 is 0 Å². The Morgan fingerprint density at radius 1 is 1.05 bits per heavy atom. The second-order valence-electron chi connectivity index (χ2n) is 4.13. The van der Waals surface area contributed by atoms with Gasteiger partial charge in [-0.2, -0.15) is 0 Å². The Balaban J connectivity index is 2.03. The molecule has 2 N–H and O–H groups in total. The quantitative estimate of drug-likeness (QED) is 0.640. The lowest BCUT2D eigenvalue weighted by Crippen LogP contribution is -2.19. The molecule has 0 spiro atoms. The second kappa shape index (κ2) is 6.59. The molecule has 0 aromatic heterocycles. The van der Waals surface area contributed by atoms with Crippen LogP contribution >= 0.6 is 24.0 Å². The summed E-state index contributed by atoms with van der Waals surface area (Å²) < 4.78 is 0. The van der Waals surface area contributed by atoms with Crippen molar-refractivity contribution in [1.29, 1.82) is 0 Å². The number of hydrogen-bond donors (Lipinski definition) is 2. The molecule has 0 bridgehead atoms. The first kappa shape index (κ1) is 13.9. The predicted molar refractivity (Wildman–Crippen MR) is 89.2 cm³/mol. The molecule has 19 heavy (non-hydrogen) atoms. The van der Waals surface area contributed by atoms with Crippen LogP contribution in [0.2, 0.25) is 0 Å². The Hall–Kier alpha value is -1.52. The molecular formula is C15H16N2S2. The fourth-order valence-electron chi connectivity index (χ4n) is 1.70. The van der Waals surface area contributed by atoms with E-state index in [1.165, 1.54) is 10.5 Å².